The first-order valence-electron chi connectivity index (χ1n) is 6.14. The van der Waals surface area contributed by atoms with Crippen molar-refractivity contribution >= 4 is 11.3 Å². The maximum Gasteiger partial charge on any atom is 0.123 e. The van der Waals surface area contributed by atoms with Gasteiger partial charge in [0, 0.05) is 17.8 Å². The minimum absolute atomic E-state index is 0.264. The number of thiazole rings is 1. The van der Waals surface area contributed by atoms with Gasteiger partial charge in [-0.1, -0.05) is 6.07 Å². The van der Waals surface area contributed by atoms with Crippen LogP contribution in [0.1, 0.15) is 21.7 Å². The van der Waals surface area contributed by atoms with Gasteiger partial charge in [-0.05, 0) is 30.2 Å². The minimum atomic E-state index is -0.264. The third kappa shape index (κ3) is 4.09. The van der Waals surface area contributed by atoms with Crippen molar-refractivity contribution in [3.05, 3.63) is 51.2 Å². The third-order valence-electron chi connectivity index (χ3n) is 2.84. The molecule has 0 amide bonds. The maximum absolute atomic E-state index is 13.3. The number of ether oxygens (including phenoxy) is 1. The van der Waals surface area contributed by atoms with Gasteiger partial charge in [0.15, 0.2) is 0 Å². The molecule has 5 heteroatoms. The molecule has 2 rings (SSSR count). The number of benzene rings is 1. The van der Waals surface area contributed by atoms with Crippen molar-refractivity contribution in [1.82, 2.24) is 4.98 Å². The molecule has 0 aliphatic heterocycles. The van der Waals surface area contributed by atoms with Gasteiger partial charge in [-0.15, -0.1) is 11.3 Å². The lowest BCUT2D eigenvalue weighted by Gasteiger charge is -2.06. The fourth-order valence-electron chi connectivity index (χ4n) is 1.84. The summed E-state index contributed by atoms with van der Waals surface area (Å²) in [6.45, 7) is 3.34. The van der Waals surface area contributed by atoms with Crippen molar-refractivity contribution in [2.75, 3.05) is 6.61 Å². The summed E-state index contributed by atoms with van der Waals surface area (Å²) in [5.41, 5.74) is 10.0. The first-order valence-corrected chi connectivity index (χ1v) is 7.02. The number of aryl methyl sites for hydroxylation is 1. The lowest BCUT2D eigenvalue weighted by Crippen LogP contribution is -2.02. The van der Waals surface area contributed by atoms with Crippen molar-refractivity contribution in [2.24, 2.45) is 5.73 Å². The molecular formula is C14H17FN2OS. The van der Waals surface area contributed by atoms with Crippen molar-refractivity contribution in [3.8, 4) is 0 Å². The largest absolute Gasteiger partial charge is 0.376 e. The molecule has 0 saturated heterocycles. The molecule has 0 aliphatic rings. The molecule has 0 spiro atoms. The zero-order valence-electron chi connectivity index (χ0n) is 10.9. The lowest BCUT2D eigenvalue weighted by atomic mass is 10.1. The molecule has 1 heterocycles. The van der Waals surface area contributed by atoms with Crippen LogP contribution in [0.25, 0.3) is 0 Å². The Bertz CT molecular complexity index is 542. The monoisotopic (exact) mass is 280 g/mol. The quantitative estimate of drug-likeness (QED) is 0.828. The first kappa shape index (κ1) is 14.1. The second kappa shape index (κ2) is 6.75. The van der Waals surface area contributed by atoms with Gasteiger partial charge in [0.05, 0.1) is 24.4 Å². The molecule has 1 aromatic carbocycles. The van der Waals surface area contributed by atoms with Gasteiger partial charge in [-0.3, -0.25) is 0 Å². The second-order valence-electron chi connectivity index (χ2n) is 4.34. The van der Waals surface area contributed by atoms with E-state index >= 15 is 0 Å². The van der Waals surface area contributed by atoms with Crippen molar-refractivity contribution in [2.45, 2.75) is 26.5 Å². The maximum atomic E-state index is 13.3. The molecular weight excluding hydrogens is 263 g/mol. The van der Waals surface area contributed by atoms with Crippen LogP contribution in [-0.2, 0) is 24.3 Å². The second-order valence-corrected chi connectivity index (χ2v) is 5.27. The summed E-state index contributed by atoms with van der Waals surface area (Å²) in [6.07, 6.45) is 0.843. The van der Waals surface area contributed by atoms with Crippen LogP contribution in [0.2, 0.25) is 0 Å². The van der Waals surface area contributed by atoms with E-state index in [0.29, 0.717) is 19.8 Å². The molecule has 0 unspecified atom stereocenters. The highest BCUT2D eigenvalue weighted by Crippen LogP contribution is 2.14. The molecule has 0 saturated carbocycles. The van der Waals surface area contributed by atoms with Gasteiger partial charge in [-0.25, -0.2) is 9.37 Å². The standard InChI is InChI=1S/C14H17FN2OS/c1-10-14(19-9-17-10)2-3-18-8-12-4-11(7-16)5-13(15)6-12/h4-6,9H,2-3,7-8,16H2,1H3. The van der Waals surface area contributed by atoms with Crippen molar-refractivity contribution < 1.29 is 9.13 Å². The van der Waals surface area contributed by atoms with E-state index < -0.39 is 0 Å². The fourth-order valence-corrected chi connectivity index (χ4v) is 2.60. The average molecular weight is 280 g/mol. The summed E-state index contributed by atoms with van der Waals surface area (Å²) < 4.78 is 18.9. The molecule has 0 fully saturated rings. The molecule has 0 radical (unpaired) electrons. The van der Waals surface area contributed by atoms with Crippen LogP contribution in [0.15, 0.2) is 23.7 Å². The molecule has 19 heavy (non-hydrogen) atoms. The number of nitrogens with two attached hydrogens (primary N) is 1. The predicted octanol–water partition coefficient (Wildman–Crippen LogP) is 2.81. The number of hydrogen-bond acceptors (Lipinski definition) is 4. The van der Waals surface area contributed by atoms with Crippen LogP contribution >= 0.6 is 11.3 Å². The van der Waals surface area contributed by atoms with E-state index in [2.05, 4.69) is 4.98 Å². The Labute approximate surface area is 116 Å². The van der Waals surface area contributed by atoms with Crippen LogP contribution in [0.3, 0.4) is 0 Å². The predicted molar refractivity (Wildman–Crippen MR) is 74.5 cm³/mol. The number of halogens is 1. The van der Waals surface area contributed by atoms with Crippen molar-refractivity contribution in [1.29, 1.82) is 0 Å². The van der Waals surface area contributed by atoms with E-state index in [9.17, 15) is 4.39 Å². The van der Waals surface area contributed by atoms with Gasteiger partial charge in [0.2, 0.25) is 0 Å². The molecule has 0 bridgehead atoms. The minimum Gasteiger partial charge on any atom is -0.376 e. The first-order chi connectivity index (χ1) is 9.19. The Hall–Kier alpha value is -1.30. The molecule has 102 valence electrons. The van der Waals surface area contributed by atoms with E-state index in [1.54, 1.807) is 11.3 Å². The van der Waals surface area contributed by atoms with E-state index in [-0.39, 0.29) is 5.82 Å². The molecule has 1 aromatic heterocycles. The van der Waals surface area contributed by atoms with Crippen LogP contribution < -0.4 is 5.73 Å². The highest BCUT2D eigenvalue weighted by atomic mass is 32.1. The van der Waals surface area contributed by atoms with Crippen LogP contribution in [0, 0.1) is 12.7 Å². The van der Waals surface area contributed by atoms with Gasteiger partial charge in [-0.2, -0.15) is 0 Å². The van der Waals surface area contributed by atoms with Gasteiger partial charge in [0.1, 0.15) is 5.82 Å². The molecule has 0 aliphatic carbocycles. The highest BCUT2D eigenvalue weighted by molar-refractivity contribution is 7.09. The summed E-state index contributed by atoms with van der Waals surface area (Å²) in [6, 6.07) is 4.81. The lowest BCUT2D eigenvalue weighted by molar-refractivity contribution is 0.124. The van der Waals surface area contributed by atoms with Gasteiger partial charge in [0.25, 0.3) is 0 Å². The Kier molecular flexibility index (Phi) is 5.01. The number of rotatable bonds is 6. The summed E-state index contributed by atoms with van der Waals surface area (Å²) >= 11 is 1.64. The Morgan fingerprint density at radius 1 is 1.32 bits per heavy atom. The Morgan fingerprint density at radius 3 is 2.79 bits per heavy atom. The summed E-state index contributed by atoms with van der Waals surface area (Å²) in [7, 11) is 0. The SMILES string of the molecule is Cc1ncsc1CCOCc1cc(F)cc(CN)c1. The average Bonchev–Trinajstić information content (AvgIpc) is 2.80. The number of aromatic nitrogens is 1. The third-order valence-corrected chi connectivity index (χ3v) is 3.83. The zero-order chi connectivity index (χ0) is 13.7. The van der Waals surface area contributed by atoms with E-state index in [0.717, 1.165) is 23.2 Å². The Morgan fingerprint density at radius 2 is 2.11 bits per heavy atom. The van der Waals surface area contributed by atoms with E-state index in [1.165, 1.54) is 17.0 Å². The summed E-state index contributed by atoms with van der Waals surface area (Å²) in [5, 5.41) is 0. The molecule has 2 aromatic rings. The van der Waals surface area contributed by atoms with Crippen LogP contribution in [0.4, 0.5) is 4.39 Å². The van der Waals surface area contributed by atoms with Crippen molar-refractivity contribution in [3.63, 3.8) is 0 Å². The highest BCUT2D eigenvalue weighted by Gasteiger charge is 2.03. The van der Waals surface area contributed by atoms with Gasteiger partial charge >= 0.3 is 0 Å². The molecule has 2 N–H and O–H groups in total. The van der Waals surface area contributed by atoms with E-state index in [1.807, 2.05) is 18.5 Å². The summed E-state index contributed by atoms with van der Waals surface area (Å²) in [4.78, 5) is 5.43. The molecule has 3 nitrogen and oxygen atoms in total. The van der Waals surface area contributed by atoms with Gasteiger partial charge < -0.3 is 10.5 Å². The number of hydrogen-bond donors (Lipinski definition) is 1. The fraction of sp³-hybridized carbons (Fsp3) is 0.357. The van der Waals surface area contributed by atoms with Crippen LogP contribution in [0.5, 0.6) is 0 Å². The number of nitrogens with zero attached hydrogens (tertiary/aromatic N) is 1. The molecule has 0 atom stereocenters. The van der Waals surface area contributed by atoms with E-state index in [4.69, 9.17) is 10.5 Å². The van der Waals surface area contributed by atoms with Crippen LogP contribution in [-0.4, -0.2) is 11.6 Å². The Balaban J connectivity index is 1.82. The smallest absolute Gasteiger partial charge is 0.123 e. The summed E-state index contributed by atoms with van der Waals surface area (Å²) in [5.74, 6) is -0.264. The normalized spacial score (nSPS) is 10.9. The topological polar surface area (TPSA) is 48.1 Å². The zero-order valence-corrected chi connectivity index (χ0v) is 11.7.